The van der Waals surface area contributed by atoms with E-state index in [1.54, 1.807) is 31.2 Å². The molecule has 172 valence electrons. The van der Waals surface area contributed by atoms with Gasteiger partial charge >= 0.3 is 0 Å². The van der Waals surface area contributed by atoms with Crippen LogP contribution >= 0.6 is 0 Å². The molecule has 6 heteroatoms. The molecule has 0 spiro atoms. The monoisotopic (exact) mass is 440 g/mol. The lowest BCUT2D eigenvalue weighted by Crippen LogP contribution is -2.08. The number of phenols is 1. The second-order valence-electron chi connectivity index (χ2n) is 8.36. The lowest BCUT2D eigenvalue weighted by atomic mass is 9.95. The number of carbonyl (C=O) groups is 2. The summed E-state index contributed by atoms with van der Waals surface area (Å²) in [6, 6.07) is 8.78. The van der Waals surface area contributed by atoms with Gasteiger partial charge in [-0.2, -0.15) is 0 Å². The zero-order valence-electron chi connectivity index (χ0n) is 18.9. The number of rotatable bonds is 12. The van der Waals surface area contributed by atoms with E-state index in [1.807, 2.05) is 13.0 Å². The molecule has 0 unspecified atom stereocenters. The molecule has 2 aromatic rings. The van der Waals surface area contributed by atoms with Crippen molar-refractivity contribution in [1.82, 2.24) is 0 Å². The summed E-state index contributed by atoms with van der Waals surface area (Å²) in [6.07, 6.45) is 6.66. The number of phenolic OH excluding ortho intramolecular Hbond substituents is 1. The number of aromatic hydroxyl groups is 1. The Morgan fingerprint density at radius 3 is 2.25 bits per heavy atom. The summed E-state index contributed by atoms with van der Waals surface area (Å²) >= 11 is 0. The molecule has 2 aromatic carbocycles. The highest BCUT2D eigenvalue weighted by atomic mass is 16.5. The largest absolute Gasteiger partial charge is 0.507 e. The summed E-state index contributed by atoms with van der Waals surface area (Å²) < 4.78 is 16.5. The Balaban J connectivity index is 1.44. The normalized spacial score (nSPS) is 13.7. The summed E-state index contributed by atoms with van der Waals surface area (Å²) in [4.78, 5) is 23.1. The van der Waals surface area contributed by atoms with Crippen LogP contribution in [-0.2, 0) is 4.79 Å². The van der Waals surface area contributed by atoms with Gasteiger partial charge in [-0.25, -0.2) is 0 Å². The summed E-state index contributed by atoms with van der Waals surface area (Å²) in [5, 5.41) is 10.5. The van der Waals surface area contributed by atoms with Crippen LogP contribution in [0.15, 0.2) is 30.3 Å². The molecule has 1 aliphatic carbocycles. The SMILES string of the molecule is Cc1c(OC=O)cccc1OCCCCOc1ccc(C(=O)CC2CCCC2)c(O)c1C. The van der Waals surface area contributed by atoms with Gasteiger partial charge < -0.3 is 19.3 Å². The Morgan fingerprint density at radius 2 is 1.59 bits per heavy atom. The van der Waals surface area contributed by atoms with E-state index in [2.05, 4.69) is 0 Å². The van der Waals surface area contributed by atoms with E-state index in [1.165, 1.54) is 12.8 Å². The zero-order chi connectivity index (χ0) is 22.9. The number of ketones is 1. The molecule has 0 radical (unpaired) electrons. The molecular formula is C26H32O6. The Bertz CT molecular complexity index is 930. The van der Waals surface area contributed by atoms with E-state index in [-0.39, 0.29) is 11.5 Å². The van der Waals surface area contributed by atoms with Crippen molar-refractivity contribution in [3.8, 4) is 23.0 Å². The molecule has 6 nitrogen and oxygen atoms in total. The molecule has 0 amide bonds. The van der Waals surface area contributed by atoms with Gasteiger partial charge in [0, 0.05) is 17.5 Å². The van der Waals surface area contributed by atoms with E-state index in [0.717, 1.165) is 31.2 Å². The van der Waals surface area contributed by atoms with Gasteiger partial charge in [0.1, 0.15) is 23.0 Å². The molecular weight excluding hydrogens is 408 g/mol. The number of hydrogen-bond acceptors (Lipinski definition) is 6. The van der Waals surface area contributed by atoms with Gasteiger partial charge in [0.25, 0.3) is 6.47 Å². The highest BCUT2D eigenvalue weighted by Crippen LogP contribution is 2.34. The minimum absolute atomic E-state index is 0.0131. The lowest BCUT2D eigenvalue weighted by molar-refractivity contribution is -0.120. The van der Waals surface area contributed by atoms with Crippen molar-refractivity contribution in [2.24, 2.45) is 5.92 Å². The minimum Gasteiger partial charge on any atom is -0.507 e. The molecule has 1 fully saturated rings. The first-order valence-corrected chi connectivity index (χ1v) is 11.3. The Kier molecular flexibility index (Phi) is 8.54. The van der Waals surface area contributed by atoms with Crippen LogP contribution in [0.3, 0.4) is 0 Å². The smallest absolute Gasteiger partial charge is 0.298 e. The van der Waals surface area contributed by atoms with Crippen molar-refractivity contribution >= 4 is 12.3 Å². The molecule has 1 aliphatic rings. The van der Waals surface area contributed by atoms with Gasteiger partial charge in [-0.15, -0.1) is 0 Å². The van der Waals surface area contributed by atoms with Gasteiger partial charge in [0.05, 0.1) is 18.8 Å². The maximum absolute atomic E-state index is 12.6. The highest BCUT2D eigenvalue weighted by molar-refractivity contribution is 5.99. The molecule has 0 aliphatic heterocycles. The summed E-state index contributed by atoms with van der Waals surface area (Å²) in [7, 11) is 0. The average Bonchev–Trinajstić information content (AvgIpc) is 3.29. The minimum atomic E-state index is 0.0131. The Labute approximate surface area is 189 Å². The first-order chi connectivity index (χ1) is 15.5. The number of unbranched alkanes of at least 4 members (excludes halogenated alkanes) is 1. The van der Waals surface area contributed by atoms with Gasteiger partial charge in [-0.05, 0) is 56.9 Å². The number of hydrogen-bond donors (Lipinski definition) is 1. The second kappa shape index (κ2) is 11.6. The number of Topliss-reactive ketones (excluding diaryl/α,β-unsaturated/α-hetero) is 1. The molecule has 1 saturated carbocycles. The molecule has 0 aromatic heterocycles. The van der Waals surface area contributed by atoms with Crippen LogP contribution in [0.2, 0.25) is 0 Å². The van der Waals surface area contributed by atoms with Crippen molar-refractivity contribution in [2.45, 2.75) is 58.8 Å². The molecule has 0 saturated heterocycles. The van der Waals surface area contributed by atoms with Crippen molar-refractivity contribution in [3.05, 3.63) is 47.0 Å². The predicted octanol–water partition coefficient (Wildman–Crippen LogP) is 5.55. The van der Waals surface area contributed by atoms with Crippen LogP contribution in [0.4, 0.5) is 0 Å². The van der Waals surface area contributed by atoms with Crippen molar-refractivity contribution in [3.63, 3.8) is 0 Å². The Morgan fingerprint density at radius 1 is 0.969 bits per heavy atom. The summed E-state index contributed by atoms with van der Waals surface area (Å²) in [5.74, 6) is 2.26. The first-order valence-electron chi connectivity index (χ1n) is 11.3. The standard InChI is InChI=1S/C26H32O6/c1-18-23(10-7-11-24(18)32-17-27)30-14-5-6-15-31-25-13-12-21(26(29)19(25)2)22(28)16-20-8-3-4-9-20/h7,10-13,17,20,29H,3-6,8-9,14-16H2,1-2H3. The molecule has 0 bridgehead atoms. The summed E-state index contributed by atoms with van der Waals surface area (Å²) in [5.41, 5.74) is 1.77. The van der Waals surface area contributed by atoms with E-state index < -0.39 is 0 Å². The number of ether oxygens (including phenoxy) is 3. The molecule has 1 N–H and O–H groups in total. The zero-order valence-corrected chi connectivity index (χ0v) is 18.9. The van der Waals surface area contributed by atoms with E-state index in [4.69, 9.17) is 14.2 Å². The van der Waals surface area contributed by atoms with E-state index in [0.29, 0.717) is 60.4 Å². The highest BCUT2D eigenvalue weighted by Gasteiger charge is 2.22. The van der Waals surface area contributed by atoms with Gasteiger partial charge in [-0.3, -0.25) is 9.59 Å². The van der Waals surface area contributed by atoms with Gasteiger partial charge in [0.15, 0.2) is 5.78 Å². The third kappa shape index (κ3) is 6.02. The van der Waals surface area contributed by atoms with Gasteiger partial charge in [0.2, 0.25) is 0 Å². The molecule has 32 heavy (non-hydrogen) atoms. The van der Waals surface area contributed by atoms with Crippen LogP contribution in [0.25, 0.3) is 0 Å². The fourth-order valence-corrected chi connectivity index (χ4v) is 4.15. The van der Waals surface area contributed by atoms with Crippen molar-refractivity contribution in [1.29, 1.82) is 0 Å². The van der Waals surface area contributed by atoms with Crippen LogP contribution < -0.4 is 14.2 Å². The number of carbonyl (C=O) groups excluding carboxylic acids is 2. The van der Waals surface area contributed by atoms with Crippen LogP contribution in [0.5, 0.6) is 23.0 Å². The Hall–Kier alpha value is -3.02. The van der Waals surface area contributed by atoms with Crippen LogP contribution in [0, 0.1) is 19.8 Å². The number of benzene rings is 2. The predicted molar refractivity (Wildman–Crippen MR) is 122 cm³/mol. The fourth-order valence-electron chi connectivity index (χ4n) is 4.15. The molecule has 0 heterocycles. The van der Waals surface area contributed by atoms with Crippen LogP contribution in [0.1, 0.15) is 66.4 Å². The van der Waals surface area contributed by atoms with Crippen molar-refractivity contribution < 1.29 is 28.9 Å². The lowest BCUT2D eigenvalue weighted by Gasteiger charge is -2.14. The third-order valence-electron chi connectivity index (χ3n) is 6.09. The third-order valence-corrected chi connectivity index (χ3v) is 6.09. The van der Waals surface area contributed by atoms with Gasteiger partial charge in [-0.1, -0.05) is 31.7 Å². The van der Waals surface area contributed by atoms with Crippen LogP contribution in [-0.4, -0.2) is 30.6 Å². The van der Waals surface area contributed by atoms with E-state index >= 15 is 0 Å². The molecule has 0 atom stereocenters. The topological polar surface area (TPSA) is 82.1 Å². The fraction of sp³-hybridized carbons (Fsp3) is 0.462. The molecule has 3 rings (SSSR count). The average molecular weight is 441 g/mol. The summed E-state index contributed by atoms with van der Waals surface area (Å²) in [6.45, 7) is 5.01. The quantitative estimate of drug-likeness (QED) is 0.265. The second-order valence-corrected chi connectivity index (χ2v) is 8.36. The maximum atomic E-state index is 12.6. The van der Waals surface area contributed by atoms with E-state index in [9.17, 15) is 14.7 Å². The maximum Gasteiger partial charge on any atom is 0.298 e. The first kappa shape index (κ1) is 23.6. The van der Waals surface area contributed by atoms with Crippen molar-refractivity contribution in [2.75, 3.05) is 13.2 Å².